The predicted molar refractivity (Wildman–Crippen MR) is 120 cm³/mol. The second-order valence-electron chi connectivity index (χ2n) is 8.68. The Morgan fingerprint density at radius 1 is 1.18 bits per heavy atom. The van der Waals surface area contributed by atoms with E-state index >= 15 is 0 Å². The smallest absolute Gasteiger partial charge is 0.270 e. The highest BCUT2D eigenvalue weighted by atomic mass is 19.1. The molecule has 1 aromatic carbocycles. The molecule has 1 aromatic heterocycles. The van der Waals surface area contributed by atoms with Crippen molar-refractivity contribution in [3.05, 3.63) is 58.4 Å². The largest absolute Gasteiger partial charge is 0.391 e. The molecule has 0 radical (unpaired) electrons. The first-order chi connectivity index (χ1) is 15.8. The van der Waals surface area contributed by atoms with Crippen LogP contribution in [0.25, 0.3) is 0 Å². The van der Waals surface area contributed by atoms with Crippen LogP contribution in [0.3, 0.4) is 0 Å². The van der Waals surface area contributed by atoms with Crippen LogP contribution in [0.4, 0.5) is 4.39 Å². The van der Waals surface area contributed by atoms with Gasteiger partial charge in [0.25, 0.3) is 5.91 Å². The number of amides is 2. The Morgan fingerprint density at radius 2 is 1.94 bits per heavy atom. The van der Waals surface area contributed by atoms with Gasteiger partial charge >= 0.3 is 0 Å². The van der Waals surface area contributed by atoms with Crippen LogP contribution >= 0.6 is 0 Å². The van der Waals surface area contributed by atoms with Crippen molar-refractivity contribution >= 4 is 17.5 Å². The van der Waals surface area contributed by atoms with Crippen molar-refractivity contribution in [3.8, 4) is 0 Å². The van der Waals surface area contributed by atoms with Crippen LogP contribution in [0.2, 0.25) is 0 Å². The van der Waals surface area contributed by atoms with Crippen molar-refractivity contribution < 1.29 is 18.8 Å². The van der Waals surface area contributed by atoms with Crippen LogP contribution in [-0.4, -0.2) is 51.6 Å². The Morgan fingerprint density at radius 3 is 2.64 bits per heavy atom. The summed E-state index contributed by atoms with van der Waals surface area (Å²) < 4.78 is 13.5. The second-order valence-corrected chi connectivity index (χ2v) is 8.68. The van der Waals surface area contributed by atoms with Gasteiger partial charge in [0.1, 0.15) is 29.2 Å². The van der Waals surface area contributed by atoms with Gasteiger partial charge in [-0.3, -0.25) is 9.59 Å². The molecule has 0 bridgehead atoms. The molecular weight excluding hydrogens is 425 g/mol. The van der Waals surface area contributed by atoms with Crippen LogP contribution in [0.15, 0.2) is 29.4 Å². The fourth-order valence-electron chi connectivity index (χ4n) is 4.31. The fraction of sp³-hybridized carbons (Fsp3) is 0.458. The van der Waals surface area contributed by atoms with E-state index in [1.165, 1.54) is 6.07 Å². The monoisotopic (exact) mass is 453 g/mol. The van der Waals surface area contributed by atoms with E-state index < -0.39 is 0 Å². The fourth-order valence-corrected chi connectivity index (χ4v) is 4.31. The standard InChI is InChI=1S/C24H28FN5O3/c1-14-10-17(4-5-19(14)25)13-26-24(32)22-11-20(27-15(2)28-22)21-12-23(33-29-21)18-6-8-30(9-7-18)16(3)31/h4-5,10-11,18,23H,6-9,12-13H2,1-3H3,(H,26,32). The average Bonchev–Trinajstić information content (AvgIpc) is 3.30. The maximum atomic E-state index is 13.5. The van der Waals surface area contributed by atoms with E-state index in [2.05, 4.69) is 20.4 Å². The van der Waals surface area contributed by atoms with Crippen molar-refractivity contribution in [1.82, 2.24) is 20.2 Å². The summed E-state index contributed by atoms with van der Waals surface area (Å²) in [5.41, 5.74) is 2.86. The lowest BCUT2D eigenvalue weighted by Gasteiger charge is -2.33. The third kappa shape index (κ3) is 5.35. The number of aryl methyl sites for hydroxylation is 2. The first kappa shape index (κ1) is 22.8. The number of halogens is 1. The van der Waals surface area contributed by atoms with Gasteiger partial charge in [-0.15, -0.1) is 0 Å². The van der Waals surface area contributed by atoms with Crippen molar-refractivity contribution in [1.29, 1.82) is 0 Å². The third-order valence-electron chi connectivity index (χ3n) is 6.25. The van der Waals surface area contributed by atoms with Gasteiger partial charge in [0, 0.05) is 38.9 Å². The Kier molecular flexibility index (Phi) is 6.67. The summed E-state index contributed by atoms with van der Waals surface area (Å²) in [4.78, 5) is 40.6. The number of carbonyl (C=O) groups is 2. The van der Waals surface area contributed by atoms with Gasteiger partial charge in [-0.1, -0.05) is 17.3 Å². The summed E-state index contributed by atoms with van der Waals surface area (Å²) >= 11 is 0. The molecule has 1 fully saturated rings. The van der Waals surface area contributed by atoms with E-state index in [-0.39, 0.29) is 36.0 Å². The molecule has 33 heavy (non-hydrogen) atoms. The minimum Gasteiger partial charge on any atom is -0.391 e. The summed E-state index contributed by atoms with van der Waals surface area (Å²) in [6, 6.07) is 6.37. The predicted octanol–water partition coefficient (Wildman–Crippen LogP) is 2.91. The quantitative estimate of drug-likeness (QED) is 0.751. The Bertz CT molecular complexity index is 1100. The molecule has 3 heterocycles. The van der Waals surface area contributed by atoms with E-state index in [1.54, 1.807) is 39.0 Å². The van der Waals surface area contributed by atoms with Gasteiger partial charge in [-0.25, -0.2) is 14.4 Å². The lowest BCUT2D eigenvalue weighted by molar-refractivity contribution is -0.130. The summed E-state index contributed by atoms with van der Waals surface area (Å²) in [6.07, 6.45) is 2.32. The first-order valence-corrected chi connectivity index (χ1v) is 11.2. The molecule has 8 nitrogen and oxygen atoms in total. The average molecular weight is 454 g/mol. The molecule has 2 amide bonds. The van der Waals surface area contributed by atoms with E-state index in [0.717, 1.165) is 31.5 Å². The van der Waals surface area contributed by atoms with Crippen molar-refractivity contribution in [3.63, 3.8) is 0 Å². The number of nitrogens with zero attached hydrogens (tertiary/aromatic N) is 4. The van der Waals surface area contributed by atoms with E-state index in [1.807, 2.05) is 4.90 Å². The Balaban J connectivity index is 1.38. The number of likely N-dealkylation sites (tertiary alicyclic amines) is 1. The molecule has 0 aliphatic carbocycles. The highest BCUT2D eigenvalue weighted by Gasteiger charge is 2.34. The van der Waals surface area contributed by atoms with Gasteiger partial charge < -0.3 is 15.1 Å². The molecule has 1 unspecified atom stereocenters. The minimum absolute atomic E-state index is 0.0524. The number of carbonyl (C=O) groups excluding carboxylic acids is 2. The Labute approximate surface area is 192 Å². The number of hydrogen-bond donors (Lipinski definition) is 1. The van der Waals surface area contributed by atoms with Crippen LogP contribution in [0.5, 0.6) is 0 Å². The molecule has 1 saturated heterocycles. The highest BCUT2D eigenvalue weighted by molar-refractivity contribution is 6.01. The van der Waals surface area contributed by atoms with Gasteiger partial charge in [0.2, 0.25) is 5.91 Å². The van der Waals surface area contributed by atoms with E-state index in [9.17, 15) is 14.0 Å². The number of hydrogen-bond acceptors (Lipinski definition) is 6. The number of aromatic nitrogens is 2. The third-order valence-corrected chi connectivity index (χ3v) is 6.25. The van der Waals surface area contributed by atoms with Crippen LogP contribution < -0.4 is 5.32 Å². The van der Waals surface area contributed by atoms with E-state index in [0.29, 0.717) is 35.1 Å². The van der Waals surface area contributed by atoms with Gasteiger partial charge in [-0.2, -0.15) is 0 Å². The topological polar surface area (TPSA) is 96.8 Å². The lowest BCUT2D eigenvalue weighted by atomic mass is 9.88. The Hall–Kier alpha value is -3.36. The van der Waals surface area contributed by atoms with Crippen molar-refractivity contribution in [2.45, 2.75) is 52.7 Å². The number of rotatable bonds is 5. The van der Waals surface area contributed by atoms with Crippen molar-refractivity contribution in [2.75, 3.05) is 13.1 Å². The maximum Gasteiger partial charge on any atom is 0.270 e. The molecule has 0 saturated carbocycles. The van der Waals surface area contributed by atoms with Gasteiger partial charge in [-0.05, 0) is 49.9 Å². The maximum absolute atomic E-state index is 13.5. The van der Waals surface area contributed by atoms with Crippen LogP contribution in [0, 0.1) is 25.6 Å². The zero-order chi connectivity index (χ0) is 23.5. The SMILES string of the molecule is CC(=O)N1CCC(C2CC(c3cc(C(=O)NCc4ccc(F)c(C)c4)nc(C)n3)=NO2)CC1. The number of oxime groups is 1. The molecule has 174 valence electrons. The van der Waals surface area contributed by atoms with Crippen molar-refractivity contribution in [2.24, 2.45) is 11.1 Å². The normalized spacial score (nSPS) is 18.6. The zero-order valence-corrected chi connectivity index (χ0v) is 19.1. The molecule has 9 heteroatoms. The molecule has 1 N–H and O–H groups in total. The van der Waals surface area contributed by atoms with Gasteiger partial charge in [0.05, 0.1) is 5.69 Å². The number of benzene rings is 1. The van der Waals surface area contributed by atoms with Crippen LogP contribution in [0.1, 0.15) is 59.3 Å². The molecule has 0 spiro atoms. The lowest BCUT2D eigenvalue weighted by Crippen LogP contribution is -2.40. The molecule has 2 aromatic rings. The molecule has 1 atom stereocenters. The van der Waals surface area contributed by atoms with E-state index in [4.69, 9.17) is 4.84 Å². The summed E-state index contributed by atoms with van der Waals surface area (Å²) in [6.45, 7) is 6.75. The zero-order valence-electron chi connectivity index (χ0n) is 19.1. The first-order valence-electron chi connectivity index (χ1n) is 11.2. The summed E-state index contributed by atoms with van der Waals surface area (Å²) in [5, 5.41) is 7.07. The second kappa shape index (κ2) is 9.64. The van der Waals surface area contributed by atoms with Gasteiger partial charge in [0.15, 0.2) is 0 Å². The molecule has 4 rings (SSSR count). The van der Waals surface area contributed by atoms with Crippen LogP contribution in [-0.2, 0) is 16.2 Å². The minimum atomic E-state index is -0.337. The summed E-state index contributed by atoms with van der Waals surface area (Å²) in [7, 11) is 0. The molecule has 2 aliphatic rings. The highest BCUT2D eigenvalue weighted by Crippen LogP contribution is 2.29. The molecular formula is C24H28FN5O3. The molecule has 2 aliphatic heterocycles. The number of piperidine rings is 1. The number of nitrogens with one attached hydrogen (secondary N) is 1. The summed E-state index contributed by atoms with van der Waals surface area (Å²) in [5.74, 6) is 0.289.